The number of fused-ring (bicyclic) bond motifs is 1. The van der Waals surface area contributed by atoms with E-state index >= 15 is 0 Å². The number of nitrogens with one attached hydrogen (secondary N) is 2. The van der Waals surface area contributed by atoms with Gasteiger partial charge in [-0.25, -0.2) is 0 Å². The number of H-pyrrole nitrogens is 1. The van der Waals surface area contributed by atoms with Crippen LogP contribution in [0.5, 0.6) is 0 Å². The van der Waals surface area contributed by atoms with Crippen molar-refractivity contribution < 1.29 is 4.74 Å². The molecule has 0 amide bonds. The molecule has 3 nitrogen and oxygen atoms in total. The number of hydrogen-bond acceptors (Lipinski definition) is 2. The molecule has 0 spiro atoms. The minimum absolute atomic E-state index is 0.502. The van der Waals surface area contributed by atoms with E-state index in [0.29, 0.717) is 12.1 Å². The van der Waals surface area contributed by atoms with Crippen LogP contribution in [0.25, 0.3) is 10.9 Å². The first-order chi connectivity index (χ1) is 9.33. The number of benzene rings is 1. The molecule has 0 bridgehead atoms. The van der Waals surface area contributed by atoms with E-state index in [1.165, 1.54) is 16.5 Å². The summed E-state index contributed by atoms with van der Waals surface area (Å²) >= 11 is 0. The third-order valence-electron chi connectivity index (χ3n) is 3.94. The molecule has 1 aromatic heterocycles. The summed E-state index contributed by atoms with van der Waals surface area (Å²) < 4.78 is 5.40. The van der Waals surface area contributed by atoms with E-state index < -0.39 is 0 Å². The van der Waals surface area contributed by atoms with Gasteiger partial charge in [0.05, 0.1) is 0 Å². The zero-order valence-electron chi connectivity index (χ0n) is 11.5. The molecular formula is C16H22N2O. The molecule has 102 valence electrons. The van der Waals surface area contributed by atoms with Gasteiger partial charge in [-0.2, -0.15) is 0 Å². The average molecular weight is 258 g/mol. The van der Waals surface area contributed by atoms with Crippen molar-refractivity contribution in [2.45, 2.75) is 38.3 Å². The van der Waals surface area contributed by atoms with Crippen LogP contribution < -0.4 is 5.32 Å². The highest BCUT2D eigenvalue weighted by atomic mass is 16.5. The number of rotatable bonds is 4. The minimum Gasteiger partial charge on any atom is -0.381 e. The molecule has 1 aliphatic heterocycles. The van der Waals surface area contributed by atoms with Crippen LogP contribution in [-0.2, 0) is 11.2 Å². The Morgan fingerprint density at radius 2 is 2.11 bits per heavy atom. The van der Waals surface area contributed by atoms with E-state index in [-0.39, 0.29) is 0 Å². The number of aromatic amines is 1. The van der Waals surface area contributed by atoms with Gasteiger partial charge in [0.1, 0.15) is 0 Å². The van der Waals surface area contributed by atoms with Gasteiger partial charge in [0.25, 0.3) is 0 Å². The molecule has 1 aromatic carbocycles. The van der Waals surface area contributed by atoms with Gasteiger partial charge in [-0.15, -0.1) is 0 Å². The summed E-state index contributed by atoms with van der Waals surface area (Å²) in [5, 5.41) is 5.08. The summed E-state index contributed by atoms with van der Waals surface area (Å²) in [6.45, 7) is 4.08. The van der Waals surface area contributed by atoms with Crippen molar-refractivity contribution in [3.05, 3.63) is 36.0 Å². The molecule has 1 saturated heterocycles. The molecule has 1 aliphatic rings. The van der Waals surface area contributed by atoms with Gasteiger partial charge in [0.2, 0.25) is 0 Å². The Hall–Kier alpha value is -1.32. The summed E-state index contributed by atoms with van der Waals surface area (Å²) in [5.74, 6) is 0. The Kier molecular flexibility index (Phi) is 3.85. The van der Waals surface area contributed by atoms with Crippen molar-refractivity contribution in [3.63, 3.8) is 0 Å². The maximum Gasteiger partial charge on any atom is 0.0480 e. The summed E-state index contributed by atoms with van der Waals surface area (Å²) in [6, 6.07) is 9.64. The van der Waals surface area contributed by atoms with Gasteiger partial charge in [0.15, 0.2) is 0 Å². The summed E-state index contributed by atoms with van der Waals surface area (Å²) in [6.07, 6.45) is 5.49. The van der Waals surface area contributed by atoms with Crippen molar-refractivity contribution in [3.8, 4) is 0 Å². The quantitative estimate of drug-likeness (QED) is 0.885. The van der Waals surface area contributed by atoms with Crippen molar-refractivity contribution in [1.29, 1.82) is 0 Å². The first-order valence-electron chi connectivity index (χ1n) is 7.22. The van der Waals surface area contributed by atoms with Crippen molar-refractivity contribution in [1.82, 2.24) is 10.3 Å². The van der Waals surface area contributed by atoms with Gasteiger partial charge in [-0.1, -0.05) is 18.2 Å². The number of ether oxygens (including phenoxy) is 1. The monoisotopic (exact) mass is 258 g/mol. The number of hydrogen-bond donors (Lipinski definition) is 2. The Balaban J connectivity index is 1.63. The molecule has 2 N–H and O–H groups in total. The second kappa shape index (κ2) is 5.76. The molecule has 0 saturated carbocycles. The highest BCUT2D eigenvalue weighted by Gasteiger charge is 2.16. The Bertz CT molecular complexity index is 528. The van der Waals surface area contributed by atoms with Crippen LogP contribution >= 0.6 is 0 Å². The number of aromatic nitrogens is 1. The van der Waals surface area contributed by atoms with Crippen LogP contribution in [0.3, 0.4) is 0 Å². The van der Waals surface area contributed by atoms with Gasteiger partial charge in [-0.3, -0.25) is 0 Å². The first kappa shape index (κ1) is 12.7. The second-order valence-corrected chi connectivity index (χ2v) is 5.52. The summed E-state index contributed by atoms with van der Waals surface area (Å²) in [7, 11) is 0. The van der Waals surface area contributed by atoms with E-state index in [4.69, 9.17) is 4.74 Å². The van der Waals surface area contributed by atoms with Crippen LogP contribution in [0.15, 0.2) is 30.5 Å². The van der Waals surface area contributed by atoms with Gasteiger partial charge < -0.3 is 15.0 Å². The molecule has 0 radical (unpaired) electrons. The first-order valence-corrected chi connectivity index (χ1v) is 7.22. The Labute approximate surface area is 114 Å². The highest BCUT2D eigenvalue weighted by Crippen LogP contribution is 2.19. The minimum atomic E-state index is 0.502. The van der Waals surface area contributed by atoms with Crippen LogP contribution in [0.4, 0.5) is 0 Å². The predicted octanol–water partition coefficient (Wildman–Crippen LogP) is 2.87. The summed E-state index contributed by atoms with van der Waals surface area (Å²) in [4.78, 5) is 3.35. The standard InChI is InChI=1S/C16H22N2O/c1-12(18-14-6-8-19-9-7-14)10-13-11-17-16-5-3-2-4-15(13)16/h2-5,11-12,14,17-18H,6-10H2,1H3. The Morgan fingerprint density at radius 1 is 1.32 bits per heavy atom. The lowest BCUT2D eigenvalue weighted by molar-refractivity contribution is 0.0755. The number of para-hydroxylation sites is 1. The second-order valence-electron chi connectivity index (χ2n) is 5.52. The zero-order chi connectivity index (χ0) is 13.1. The molecule has 3 rings (SSSR count). The fourth-order valence-electron chi connectivity index (χ4n) is 2.96. The lowest BCUT2D eigenvalue weighted by atomic mass is 10.0. The van der Waals surface area contributed by atoms with Crippen molar-refractivity contribution in [2.75, 3.05) is 13.2 Å². The average Bonchev–Trinajstić information content (AvgIpc) is 2.83. The lowest BCUT2D eigenvalue weighted by Crippen LogP contribution is -2.41. The summed E-state index contributed by atoms with van der Waals surface area (Å²) in [5.41, 5.74) is 2.64. The lowest BCUT2D eigenvalue weighted by Gasteiger charge is -2.26. The molecular weight excluding hydrogens is 236 g/mol. The molecule has 1 fully saturated rings. The topological polar surface area (TPSA) is 37.0 Å². The van der Waals surface area contributed by atoms with E-state index in [1.807, 2.05) is 0 Å². The molecule has 0 aliphatic carbocycles. The molecule has 1 atom stereocenters. The largest absolute Gasteiger partial charge is 0.381 e. The van der Waals surface area contributed by atoms with Crippen LogP contribution in [-0.4, -0.2) is 30.3 Å². The molecule has 3 heteroatoms. The molecule has 1 unspecified atom stereocenters. The maximum absolute atomic E-state index is 5.40. The third kappa shape index (κ3) is 2.99. The Morgan fingerprint density at radius 3 is 2.95 bits per heavy atom. The van der Waals surface area contributed by atoms with Crippen molar-refractivity contribution >= 4 is 10.9 Å². The van der Waals surface area contributed by atoms with Crippen LogP contribution in [0.1, 0.15) is 25.3 Å². The predicted molar refractivity (Wildman–Crippen MR) is 78.4 cm³/mol. The SMILES string of the molecule is CC(Cc1c[nH]c2ccccc12)NC1CCOCC1. The van der Waals surface area contributed by atoms with Crippen molar-refractivity contribution in [2.24, 2.45) is 0 Å². The molecule has 19 heavy (non-hydrogen) atoms. The molecule has 2 heterocycles. The van der Waals surface area contributed by atoms with Gasteiger partial charge in [0, 0.05) is 42.4 Å². The third-order valence-corrected chi connectivity index (χ3v) is 3.94. The smallest absolute Gasteiger partial charge is 0.0480 e. The molecule has 2 aromatic rings. The van der Waals surface area contributed by atoms with E-state index in [1.54, 1.807) is 0 Å². The van der Waals surface area contributed by atoms with E-state index in [2.05, 4.69) is 47.7 Å². The van der Waals surface area contributed by atoms with E-state index in [0.717, 1.165) is 32.5 Å². The fraction of sp³-hybridized carbons (Fsp3) is 0.500. The fourth-order valence-corrected chi connectivity index (χ4v) is 2.96. The van der Waals surface area contributed by atoms with Gasteiger partial charge in [-0.05, 0) is 37.8 Å². The van der Waals surface area contributed by atoms with Crippen LogP contribution in [0, 0.1) is 0 Å². The van der Waals surface area contributed by atoms with E-state index in [9.17, 15) is 0 Å². The van der Waals surface area contributed by atoms with Gasteiger partial charge >= 0.3 is 0 Å². The van der Waals surface area contributed by atoms with Crippen LogP contribution in [0.2, 0.25) is 0 Å². The normalized spacial score (nSPS) is 18.8. The maximum atomic E-state index is 5.40. The zero-order valence-corrected chi connectivity index (χ0v) is 11.5. The highest BCUT2D eigenvalue weighted by molar-refractivity contribution is 5.83.